The van der Waals surface area contributed by atoms with Crippen molar-refractivity contribution in [1.82, 2.24) is 24.5 Å². The maximum absolute atomic E-state index is 12.0. The van der Waals surface area contributed by atoms with Crippen molar-refractivity contribution in [3.8, 4) is 5.75 Å². The van der Waals surface area contributed by atoms with Crippen LogP contribution in [0.5, 0.6) is 5.75 Å². The first kappa shape index (κ1) is 14.8. The van der Waals surface area contributed by atoms with Gasteiger partial charge in [0.1, 0.15) is 12.3 Å². The number of aryl methyl sites for hydroxylation is 1. The summed E-state index contributed by atoms with van der Waals surface area (Å²) in [4.78, 5) is 23.8. The predicted molar refractivity (Wildman–Crippen MR) is 81.9 cm³/mol. The summed E-state index contributed by atoms with van der Waals surface area (Å²) in [6.45, 7) is 1.73. The minimum Gasteiger partial charge on any atom is -0.508 e. The lowest BCUT2D eigenvalue weighted by molar-refractivity contribution is -0.121. The number of carbonyl (C=O) groups is 1. The van der Waals surface area contributed by atoms with Crippen molar-refractivity contribution >= 4 is 11.6 Å². The van der Waals surface area contributed by atoms with Gasteiger partial charge in [0.15, 0.2) is 11.5 Å². The van der Waals surface area contributed by atoms with Crippen LogP contribution in [0.25, 0.3) is 5.65 Å². The molecule has 0 unspecified atom stereocenters. The van der Waals surface area contributed by atoms with Crippen molar-refractivity contribution < 1.29 is 9.90 Å². The summed E-state index contributed by atoms with van der Waals surface area (Å²) in [6, 6.07) is 8.03. The Kier molecular flexibility index (Phi) is 3.80. The first-order valence-corrected chi connectivity index (χ1v) is 7.00. The molecule has 23 heavy (non-hydrogen) atoms. The number of nitrogens with zero attached hydrogens (tertiary/aromatic N) is 4. The van der Waals surface area contributed by atoms with E-state index in [-0.39, 0.29) is 24.7 Å². The third-order valence-corrected chi connectivity index (χ3v) is 3.45. The summed E-state index contributed by atoms with van der Waals surface area (Å²) < 4.78 is 3.06. The molecule has 0 aliphatic rings. The molecule has 3 heterocycles. The molecule has 1 amide bonds. The molecular formula is C15H15N5O3. The molecule has 0 aliphatic heterocycles. The third-order valence-electron chi connectivity index (χ3n) is 3.45. The smallest absolute Gasteiger partial charge is 0.254 e. The Labute approximate surface area is 131 Å². The lowest BCUT2D eigenvalue weighted by Crippen LogP contribution is -2.33. The Morgan fingerprint density at radius 2 is 2.13 bits per heavy atom. The number of pyridine rings is 2. The Bertz CT molecular complexity index is 928. The molecule has 2 N–H and O–H groups in total. The van der Waals surface area contributed by atoms with Crippen LogP contribution in [0.3, 0.4) is 0 Å². The average Bonchev–Trinajstić information content (AvgIpc) is 2.92. The van der Waals surface area contributed by atoms with Crippen LogP contribution in [0.15, 0.2) is 41.3 Å². The van der Waals surface area contributed by atoms with Crippen LogP contribution < -0.4 is 10.9 Å². The van der Waals surface area contributed by atoms with E-state index in [9.17, 15) is 14.7 Å². The fourth-order valence-electron chi connectivity index (χ4n) is 2.30. The van der Waals surface area contributed by atoms with E-state index in [1.165, 1.54) is 10.6 Å². The maximum atomic E-state index is 12.0. The lowest BCUT2D eigenvalue weighted by atomic mass is 10.3. The Hall–Kier alpha value is -3.16. The Morgan fingerprint density at radius 3 is 2.91 bits per heavy atom. The number of nitrogens with one attached hydrogen (secondary N) is 1. The predicted octanol–water partition coefficient (Wildman–Crippen LogP) is 0.221. The molecule has 3 rings (SSSR count). The summed E-state index contributed by atoms with van der Waals surface area (Å²) in [6.07, 6.45) is 1.81. The van der Waals surface area contributed by atoms with Gasteiger partial charge >= 0.3 is 0 Å². The molecule has 0 atom stereocenters. The van der Waals surface area contributed by atoms with Crippen molar-refractivity contribution in [2.24, 2.45) is 0 Å². The van der Waals surface area contributed by atoms with Gasteiger partial charge in [0.2, 0.25) is 5.91 Å². The summed E-state index contributed by atoms with van der Waals surface area (Å²) in [5.41, 5.74) is 0.783. The molecule has 0 bridgehead atoms. The minimum atomic E-state index is -0.425. The summed E-state index contributed by atoms with van der Waals surface area (Å²) in [5, 5.41) is 20.1. The highest BCUT2D eigenvalue weighted by Gasteiger charge is 2.10. The van der Waals surface area contributed by atoms with E-state index in [0.29, 0.717) is 17.2 Å². The monoisotopic (exact) mass is 313 g/mol. The Morgan fingerprint density at radius 1 is 1.30 bits per heavy atom. The Balaban J connectivity index is 1.70. The number of hydrogen-bond acceptors (Lipinski definition) is 5. The standard InChI is InChI=1S/C15H15N5O3/c1-10-6-11(21)7-15(23)20(10)9-14(22)16-8-13-18-17-12-4-2-3-5-19(12)13/h2-7,21H,8-9H2,1H3,(H,16,22). The number of hydrogen-bond donors (Lipinski definition) is 2. The molecular weight excluding hydrogens is 298 g/mol. The molecule has 0 radical (unpaired) electrons. The van der Waals surface area contributed by atoms with Gasteiger partial charge in [-0.3, -0.25) is 14.0 Å². The molecule has 3 aromatic heterocycles. The van der Waals surface area contributed by atoms with E-state index >= 15 is 0 Å². The van der Waals surface area contributed by atoms with E-state index in [1.807, 2.05) is 24.4 Å². The number of carbonyl (C=O) groups excluding carboxylic acids is 1. The van der Waals surface area contributed by atoms with Crippen molar-refractivity contribution in [1.29, 1.82) is 0 Å². The van der Waals surface area contributed by atoms with Crippen molar-refractivity contribution in [2.45, 2.75) is 20.0 Å². The molecule has 0 fully saturated rings. The molecule has 8 nitrogen and oxygen atoms in total. The van der Waals surface area contributed by atoms with Crippen LogP contribution in [0.4, 0.5) is 0 Å². The topological polar surface area (TPSA) is 102 Å². The molecule has 8 heteroatoms. The SMILES string of the molecule is Cc1cc(O)cc(=O)n1CC(=O)NCc1nnc2ccccn12. The lowest BCUT2D eigenvalue weighted by Gasteiger charge is -2.10. The molecule has 118 valence electrons. The summed E-state index contributed by atoms with van der Waals surface area (Å²) >= 11 is 0. The fourth-order valence-corrected chi connectivity index (χ4v) is 2.30. The van der Waals surface area contributed by atoms with Crippen LogP contribution in [0.2, 0.25) is 0 Å². The first-order valence-electron chi connectivity index (χ1n) is 7.00. The van der Waals surface area contributed by atoms with Gasteiger partial charge in [0.05, 0.1) is 6.54 Å². The van der Waals surface area contributed by atoms with Crippen LogP contribution in [0.1, 0.15) is 11.5 Å². The zero-order valence-electron chi connectivity index (χ0n) is 12.4. The highest BCUT2D eigenvalue weighted by Crippen LogP contribution is 2.07. The number of rotatable bonds is 4. The van der Waals surface area contributed by atoms with Gasteiger partial charge in [-0.2, -0.15) is 0 Å². The van der Waals surface area contributed by atoms with Crippen LogP contribution in [-0.2, 0) is 17.9 Å². The summed E-state index contributed by atoms with van der Waals surface area (Å²) in [5.74, 6) is 0.163. The van der Waals surface area contributed by atoms with E-state index in [2.05, 4.69) is 15.5 Å². The normalized spacial score (nSPS) is 10.8. The quantitative estimate of drug-likeness (QED) is 0.717. The largest absolute Gasteiger partial charge is 0.508 e. The molecule has 0 saturated carbocycles. The molecule has 0 aliphatic carbocycles. The van der Waals surface area contributed by atoms with E-state index < -0.39 is 5.56 Å². The highest BCUT2D eigenvalue weighted by molar-refractivity contribution is 5.75. The van der Waals surface area contributed by atoms with Crippen LogP contribution >= 0.6 is 0 Å². The van der Waals surface area contributed by atoms with Gasteiger partial charge in [-0.25, -0.2) is 0 Å². The van der Waals surface area contributed by atoms with E-state index in [4.69, 9.17) is 0 Å². The van der Waals surface area contributed by atoms with Gasteiger partial charge in [0.25, 0.3) is 5.56 Å². The average molecular weight is 313 g/mol. The molecule has 0 aromatic carbocycles. The maximum Gasteiger partial charge on any atom is 0.254 e. The van der Waals surface area contributed by atoms with Gasteiger partial charge in [0, 0.05) is 18.0 Å². The van der Waals surface area contributed by atoms with Crippen molar-refractivity contribution in [3.63, 3.8) is 0 Å². The van der Waals surface area contributed by atoms with Gasteiger partial charge in [-0.05, 0) is 25.1 Å². The second kappa shape index (κ2) is 5.91. The zero-order valence-corrected chi connectivity index (χ0v) is 12.4. The fraction of sp³-hybridized carbons (Fsp3) is 0.200. The second-order valence-electron chi connectivity index (χ2n) is 5.10. The molecule has 0 spiro atoms. The van der Waals surface area contributed by atoms with Gasteiger partial charge in [-0.15, -0.1) is 10.2 Å². The van der Waals surface area contributed by atoms with E-state index in [1.54, 1.807) is 11.3 Å². The van der Waals surface area contributed by atoms with Crippen molar-refractivity contribution in [2.75, 3.05) is 0 Å². The van der Waals surface area contributed by atoms with E-state index in [0.717, 1.165) is 6.07 Å². The number of amides is 1. The number of aromatic nitrogens is 4. The third kappa shape index (κ3) is 3.05. The van der Waals surface area contributed by atoms with Crippen molar-refractivity contribution in [3.05, 3.63) is 58.4 Å². The first-order chi connectivity index (χ1) is 11.0. The highest BCUT2D eigenvalue weighted by atomic mass is 16.3. The zero-order chi connectivity index (χ0) is 16.4. The van der Waals surface area contributed by atoms with Crippen LogP contribution in [-0.4, -0.2) is 30.2 Å². The molecule has 0 saturated heterocycles. The minimum absolute atomic E-state index is 0.112. The molecule has 3 aromatic rings. The number of fused-ring (bicyclic) bond motifs is 1. The van der Waals surface area contributed by atoms with Gasteiger partial charge in [-0.1, -0.05) is 6.07 Å². The van der Waals surface area contributed by atoms with Gasteiger partial charge < -0.3 is 15.0 Å². The van der Waals surface area contributed by atoms with Crippen LogP contribution in [0, 0.1) is 6.92 Å². The summed E-state index contributed by atoms with van der Waals surface area (Å²) in [7, 11) is 0. The number of aromatic hydroxyl groups is 1. The second-order valence-corrected chi connectivity index (χ2v) is 5.10.